The summed E-state index contributed by atoms with van der Waals surface area (Å²) in [6.07, 6.45) is -2.65. The average molecular weight is 247 g/mol. The fourth-order valence-electron chi connectivity index (χ4n) is 1.78. The van der Waals surface area contributed by atoms with Crippen molar-refractivity contribution in [3.63, 3.8) is 0 Å². The predicted molar refractivity (Wildman–Crippen MR) is 56.4 cm³/mol. The van der Waals surface area contributed by atoms with Crippen LogP contribution in [0.1, 0.15) is 19.3 Å². The number of hydrogen-bond acceptors (Lipinski definition) is 2. The Hall–Kier alpha value is -0.0000000000000000555. The molecular formula is C9H18ClF3N2. The van der Waals surface area contributed by atoms with Crippen LogP contribution in [0.15, 0.2) is 0 Å². The number of piperidine rings is 1. The molecule has 1 fully saturated rings. The quantitative estimate of drug-likeness (QED) is 0.820. The van der Waals surface area contributed by atoms with Gasteiger partial charge < -0.3 is 10.2 Å². The molecule has 0 aliphatic carbocycles. The van der Waals surface area contributed by atoms with E-state index in [1.807, 2.05) is 11.9 Å². The van der Waals surface area contributed by atoms with Crippen molar-refractivity contribution >= 4 is 12.4 Å². The highest BCUT2D eigenvalue weighted by Crippen LogP contribution is 2.21. The predicted octanol–water partition coefficient (Wildman–Crippen LogP) is 2.04. The zero-order chi connectivity index (χ0) is 10.6. The van der Waals surface area contributed by atoms with Gasteiger partial charge in [-0.05, 0) is 26.4 Å². The number of hydrogen-bond donors (Lipinski definition) is 1. The second-order valence-electron chi connectivity index (χ2n) is 3.79. The molecule has 1 rings (SSSR count). The molecule has 0 saturated carbocycles. The summed E-state index contributed by atoms with van der Waals surface area (Å²) < 4.78 is 35.8. The Kier molecular flexibility index (Phi) is 6.55. The van der Waals surface area contributed by atoms with Gasteiger partial charge in [-0.3, -0.25) is 0 Å². The first-order chi connectivity index (χ1) is 6.51. The highest BCUT2D eigenvalue weighted by Gasteiger charge is 2.29. The van der Waals surface area contributed by atoms with Gasteiger partial charge in [-0.15, -0.1) is 12.4 Å². The Morgan fingerprint density at radius 3 is 2.60 bits per heavy atom. The monoisotopic (exact) mass is 246 g/mol. The van der Waals surface area contributed by atoms with Crippen LogP contribution >= 0.6 is 12.4 Å². The highest BCUT2D eigenvalue weighted by molar-refractivity contribution is 5.85. The zero-order valence-electron chi connectivity index (χ0n) is 8.81. The van der Waals surface area contributed by atoms with Gasteiger partial charge in [0.1, 0.15) is 0 Å². The Balaban J connectivity index is 0.00000196. The van der Waals surface area contributed by atoms with Crippen LogP contribution in [0.4, 0.5) is 13.2 Å². The Morgan fingerprint density at radius 2 is 2.07 bits per heavy atom. The number of likely N-dealkylation sites (N-methyl/N-ethyl adjacent to an activating group) is 1. The molecule has 2 nitrogen and oxygen atoms in total. The highest BCUT2D eigenvalue weighted by atomic mass is 35.5. The number of halogens is 4. The lowest BCUT2D eigenvalue weighted by Crippen LogP contribution is -2.45. The second kappa shape index (κ2) is 6.55. The van der Waals surface area contributed by atoms with Gasteiger partial charge in [0.2, 0.25) is 0 Å². The average Bonchev–Trinajstić information content (AvgIpc) is 2.14. The van der Waals surface area contributed by atoms with Crippen LogP contribution in [0.5, 0.6) is 0 Å². The summed E-state index contributed by atoms with van der Waals surface area (Å²) in [7, 11) is 1.86. The number of nitrogens with one attached hydrogen (secondary N) is 1. The number of likely N-dealkylation sites (tertiary alicyclic amines) is 1. The van der Waals surface area contributed by atoms with E-state index in [0.29, 0.717) is 6.04 Å². The van der Waals surface area contributed by atoms with Gasteiger partial charge in [0.15, 0.2) is 0 Å². The minimum absolute atomic E-state index is 0. The maximum Gasteiger partial charge on any atom is 0.390 e. The molecule has 1 N–H and O–H groups in total. The molecule has 1 aliphatic rings. The molecule has 15 heavy (non-hydrogen) atoms. The molecule has 0 spiro atoms. The largest absolute Gasteiger partial charge is 0.390 e. The molecule has 0 radical (unpaired) electrons. The van der Waals surface area contributed by atoms with Crippen LogP contribution in [0.25, 0.3) is 0 Å². The minimum Gasteiger partial charge on any atom is -0.316 e. The summed E-state index contributed by atoms with van der Waals surface area (Å²) in [6, 6.07) is 0.358. The summed E-state index contributed by atoms with van der Waals surface area (Å²) in [5.41, 5.74) is 0. The minimum atomic E-state index is -4.02. The summed E-state index contributed by atoms with van der Waals surface area (Å²) in [6.45, 7) is 1.68. The molecule has 0 aromatic rings. The van der Waals surface area contributed by atoms with Crippen molar-refractivity contribution in [2.24, 2.45) is 0 Å². The maximum absolute atomic E-state index is 11.9. The van der Waals surface area contributed by atoms with Crippen molar-refractivity contribution in [2.75, 3.05) is 26.7 Å². The molecule has 1 atom stereocenters. The van der Waals surface area contributed by atoms with E-state index in [1.54, 1.807) is 0 Å². The summed E-state index contributed by atoms with van der Waals surface area (Å²) >= 11 is 0. The van der Waals surface area contributed by atoms with E-state index in [4.69, 9.17) is 0 Å². The van der Waals surface area contributed by atoms with Gasteiger partial charge in [-0.1, -0.05) is 0 Å². The van der Waals surface area contributed by atoms with E-state index in [1.165, 1.54) is 0 Å². The lowest BCUT2D eigenvalue weighted by molar-refractivity contribution is -0.138. The van der Waals surface area contributed by atoms with Crippen molar-refractivity contribution in [1.82, 2.24) is 10.2 Å². The SMILES string of the molecule is CNC1CCCN(CCC(F)(F)F)C1.Cl. The lowest BCUT2D eigenvalue weighted by atomic mass is 10.1. The molecule has 1 saturated heterocycles. The number of rotatable bonds is 3. The van der Waals surface area contributed by atoms with Crippen LogP contribution in [-0.2, 0) is 0 Å². The molecule has 0 bridgehead atoms. The third-order valence-electron chi connectivity index (χ3n) is 2.63. The first kappa shape index (κ1) is 15.0. The Bertz CT molecular complexity index is 175. The van der Waals surface area contributed by atoms with Gasteiger partial charge in [0.05, 0.1) is 6.42 Å². The van der Waals surface area contributed by atoms with Crippen molar-refractivity contribution in [3.05, 3.63) is 0 Å². The van der Waals surface area contributed by atoms with Gasteiger partial charge in [0.25, 0.3) is 0 Å². The molecule has 92 valence electrons. The summed E-state index contributed by atoms with van der Waals surface area (Å²) in [5.74, 6) is 0. The van der Waals surface area contributed by atoms with Crippen molar-refractivity contribution in [1.29, 1.82) is 0 Å². The number of alkyl halides is 3. The van der Waals surface area contributed by atoms with Gasteiger partial charge >= 0.3 is 6.18 Å². The van der Waals surface area contributed by atoms with Crippen molar-refractivity contribution in [2.45, 2.75) is 31.5 Å². The summed E-state index contributed by atoms with van der Waals surface area (Å²) in [4.78, 5) is 1.89. The third-order valence-corrected chi connectivity index (χ3v) is 2.63. The maximum atomic E-state index is 11.9. The third kappa shape index (κ3) is 6.22. The van der Waals surface area contributed by atoms with Gasteiger partial charge in [-0.25, -0.2) is 0 Å². The smallest absolute Gasteiger partial charge is 0.316 e. The first-order valence-corrected chi connectivity index (χ1v) is 4.97. The van der Waals surface area contributed by atoms with E-state index in [2.05, 4.69) is 5.32 Å². The van der Waals surface area contributed by atoms with Gasteiger partial charge in [-0.2, -0.15) is 13.2 Å². The fourth-order valence-corrected chi connectivity index (χ4v) is 1.78. The van der Waals surface area contributed by atoms with Crippen LogP contribution in [-0.4, -0.2) is 43.8 Å². The molecule has 1 heterocycles. The first-order valence-electron chi connectivity index (χ1n) is 4.97. The van der Waals surface area contributed by atoms with Crippen LogP contribution in [0.2, 0.25) is 0 Å². The molecule has 1 unspecified atom stereocenters. The molecule has 6 heteroatoms. The topological polar surface area (TPSA) is 15.3 Å². The molecule has 0 aromatic heterocycles. The normalized spacial score (nSPS) is 23.6. The Labute approximate surface area is 94.6 Å². The van der Waals surface area contributed by atoms with E-state index in [0.717, 1.165) is 25.9 Å². The molecular weight excluding hydrogens is 229 g/mol. The molecule has 0 aromatic carbocycles. The fraction of sp³-hybridized carbons (Fsp3) is 1.00. The Morgan fingerprint density at radius 1 is 1.40 bits per heavy atom. The van der Waals surface area contributed by atoms with E-state index < -0.39 is 12.6 Å². The van der Waals surface area contributed by atoms with Crippen LogP contribution < -0.4 is 5.32 Å². The van der Waals surface area contributed by atoms with Crippen LogP contribution in [0, 0.1) is 0 Å². The zero-order valence-corrected chi connectivity index (χ0v) is 9.63. The molecule has 0 amide bonds. The lowest BCUT2D eigenvalue weighted by Gasteiger charge is -2.32. The van der Waals surface area contributed by atoms with Gasteiger partial charge in [0, 0.05) is 19.1 Å². The molecule has 1 aliphatic heterocycles. The van der Waals surface area contributed by atoms with E-state index in [9.17, 15) is 13.2 Å². The van der Waals surface area contributed by atoms with Crippen molar-refractivity contribution in [3.8, 4) is 0 Å². The standard InChI is InChI=1S/C9H17F3N2.ClH/c1-13-8-3-2-5-14(7-8)6-4-9(10,11)12;/h8,13H,2-7H2,1H3;1H. The van der Waals surface area contributed by atoms with E-state index in [-0.39, 0.29) is 19.0 Å². The number of nitrogens with zero attached hydrogens (tertiary/aromatic N) is 1. The van der Waals surface area contributed by atoms with Crippen molar-refractivity contribution < 1.29 is 13.2 Å². The summed E-state index contributed by atoms with van der Waals surface area (Å²) in [5, 5.41) is 3.11. The second-order valence-corrected chi connectivity index (χ2v) is 3.79. The van der Waals surface area contributed by atoms with E-state index >= 15 is 0 Å². The van der Waals surface area contributed by atoms with Crippen LogP contribution in [0.3, 0.4) is 0 Å².